The number of nitrogens with zero attached hydrogens (tertiary/aromatic N) is 2. The highest BCUT2D eigenvalue weighted by atomic mass is 16.5. The number of carbonyl (C=O) groups excluding carboxylic acids is 2. The lowest BCUT2D eigenvalue weighted by Gasteiger charge is -2.23. The smallest absolute Gasteiger partial charge is 0.347 e. The van der Waals surface area contributed by atoms with Crippen molar-refractivity contribution in [1.82, 2.24) is 0 Å². The van der Waals surface area contributed by atoms with E-state index in [0.717, 1.165) is 11.6 Å². The minimum Gasteiger partial charge on any atom is -0.762 e. The average molecular weight is 439 g/mol. The number of unbranched alkanes of at least 4 members (excludes halogenated alkanes) is 15. The largest absolute Gasteiger partial charge is 0.762 e. The third-order valence-corrected chi connectivity index (χ3v) is 5.33. The Morgan fingerprint density at radius 1 is 0.774 bits per heavy atom. The van der Waals surface area contributed by atoms with Crippen molar-refractivity contribution in [2.75, 3.05) is 34.8 Å². The van der Waals surface area contributed by atoms with E-state index in [9.17, 15) is 9.59 Å². The standard InChI is InChI=1S/C21H46N.C5H4NO3/c1-5-6-7-8-9-10-11-12-13-14-15-16-17-18-19-20-21-22(2,3)4;1-9-5(8)4(2-6)3-7/h5-21H2,1-4H3;3H,1H3/q+1;-1. The van der Waals surface area contributed by atoms with Gasteiger partial charge in [0.05, 0.1) is 34.8 Å². The topological polar surface area (TPSA) is 65.7 Å². The van der Waals surface area contributed by atoms with Crippen molar-refractivity contribution in [1.29, 1.82) is 0 Å². The molecular formula is C26H50N2O3. The van der Waals surface area contributed by atoms with E-state index >= 15 is 0 Å². The Balaban J connectivity index is 0. The number of esters is 1. The Labute approximate surface area is 192 Å². The number of carbonyl (C=O) groups is 2. The van der Waals surface area contributed by atoms with Gasteiger partial charge in [0.15, 0.2) is 6.29 Å². The molecule has 0 aliphatic heterocycles. The van der Waals surface area contributed by atoms with Gasteiger partial charge < -0.3 is 14.6 Å². The Morgan fingerprint density at radius 3 is 1.35 bits per heavy atom. The van der Waals surface area contributed by atoms with Crippen LogP contribution in [-0.2, 0) is 14.3 Å². The Hall–Kier alpha value is -1.45. The zero-order chi connectivity index (χ0) is 23.8. The molecule has 0 spiro atoms. The van der Waals surface area contributed by atoms with Crippen LogP contribution in [0, 0.1) is 0 Å². The van der Waals surface area contributed by atoms with Crippen LogP contribution in [-0.4, -0.2) is 57.4 Å². The van der Waals surface area contributed by atoms with Crippen LogP contribution in [0.5, 0.6) is 0 Å². The minimum absolute atomic E-state index is 0.159. The van der Waals surface area contributed by atoms with E-state index in [4.69, 9.17) is 5.41 Å². The van der Waals surface area contributed by atoms with Crippen LogP contribution in [0.4, 0.5) is 0 Å². The summed E-state index contributed by atoms with van der Waals surface area (Å²) in [7, 11) is 7.99. The summed E-state index contributed by atoms with van der Waals surface area (Å²) in [5, 5.41) is 8.01. The highest BCUT2D eigenvalue weighted by molar-refractivity contribution is 6.15. The van der Waals surface area contributed by atoms with Crippen LogP contribution in [0.1, 0.15) is 110 Å². The molecule has 0 atom stereocenters. The fraction of sp³-hybridized carbons (Fsp3) is 0.846. The van der Waals surface area contributed by atoms with Crippen LogP contribution in [0.15, 0.2) is 5.57 Å². The zero-order valence-electron chi connectivity index (χ0n) is 21.2. The molecule has 0 aliphatic carbocycles. The van der Waals surface area contributed by atoms with Crippen molar-refractivity contribution in [3.8, 4) is 0 Å². The summed E-state index contributed by atoms with van der Waals surface area (Å²) in [5.74, 6) is 0.481. The number of rotatable bonds is 19. The van der Waals surface area contributed by atoms with Crippen molar-refractivity contribution in [3.63, 3.8) is 0 Å². The maximum atomic E-state index is 10.3. The number of aldehydes is 1. The third kappa shape index (κ3) is 26.5. The van der Waals surface area contributed by atoms with E-state index in [2.05, 4.69) is 32.8 Å². The van der Waals surface area contributed by atoms with E-state index in [1.165, 1.54) is 115 Å². The summed E-state index contributed by atoms with van der Waals surface area (Å²) in [6, 6.07) is 0. The van der Waals surface area contributed by atoms with Gasteiger partial charge in [-0.1, -0.05) is 96.8 Å². The highest BCUT2D eigenvalue weighted by Crippen LogP contribution is 2.13. The van der Waals surface area contributed by atoms with Crippen molar-refractivity contribution in [3.05, 3.63) is 11.0 Å². The summed E-state index contributed by atoms with van der Waals surface area (Å²) in [6.07, 6.45) is 23.5. The first-order valence-electron chi connectivity index (χ1n) is 12.4. The molecule has 182 valence electrons. The Kier molecular flexibility index (Phi) is 23.8. The van der Waals surface area contributed by atoms with Gasteiger partial charge in [0.2, 0.25) is 0 Å². The van der Waals surface area contributed by atoms with Crippen LogP contribution in [0.2, 0.25) is 0 Å². The molecule has 0 radical (unpaired) electrons. The molecule has 0 aliphatic rings. The maximum absolute atomic E-state index is 10.3. The molecule has 0 fully saturated rings. The fourth-order valence-electron chi connectivity index (χ4n) is 3.36. The summed E-state index contributed by atoms with van der Waals surface area (Å²) in [4.78, 5) is 20.0. The lowest BCUT2D eigenvalue weighted by molar-refractivity contribution is -0.870. The van der Waals surface area contributed by atoms with Gasteiger partial charge >= 0.3 is 5.97 Å². The first-order valence-corrected chi connectivity index (χ1v) is 12.4. The first-order chi connectivity index (χ1) is 14.8. The van der Waals surface area contributed by atoms with Crippen molar-refractivity contribution in [2.24, 2.45) is 0 Å². The van der Waals surface area contributed by atoms with E-state index < -0.39 is 11.5 Å². The molecule has 0 bridgehead atoms. The van der Waals surface area contributed by atoms with Crippen molar-refractivity contribution >= 4 is 18.1 Å². The fourth-order valence-corrected chi connectivity index (χ4v) is 3.36. The number of hydrogen-bond donors (Lipinski definition) is 0. The Morgan fingerprint density at radius 2 is 1.13 bits per heavy atom. The molecule has 0 amide bonds. The van der Waals surface area contributed by atoms with Gasteiger partial charge in [-0.25, -0.2) is 4.79 Å². The number of quaternary nitrogens is 1. The number of methoxy groups -OCH3 is 1. The Bertz CT molecular complexity index is 478. The van der Waals surface area contributed by atoms with Crippen LogP contribution >= 0.6 is 0 Å². The molecule has 0 aromatic heterocycles. The molecule has 5 heteroatoms. The highest BCUT2D eigenvalue weighted by Gasteiger charge is 2.05. The lowest BCUT2D eigenvalue weighted by atomic mass is 10.0. The average Bonchev–Trinajstić information content (AvgIpc) is 2.73. The number of hydrogen-bond acceptors (Lipinski definition) is 3. The predicted octanol–water partition coefficient (Wildman–Crippen LogP) is 6.48. The van der Waals surface area contributed by atoms with Crippen LogP contribution in [0.3, 0.4) is 0 Å². The second-order valence-electron chi connectivity index (χ2n) is 9.45. The van der Waals surface area contributed by atoms with Gasteiger partial charge in [0.25, 0.3) is 0 Å². The predicted molar refractivity (Wildman–Crippen MR) is 132 cm³/mol. The monoisotopic (exact) mass is 438 g/mol. The van der Waals surface area contributed by atoms with E-state index in [0.29, 0.717) is 0 Å². The molecule has 0 unspecified atom stereocenters. The quantitative estimate of drug-likeness (QED) is 0.0339. The maximum Gasteiger partial charge on any atom is 0.347 e. The van der Waals surface area contributed by atoms with Gasteiger partial charge in [-0.05, 0) is 12.8 Å². The summed E-state index contributed by atoms with van der Waals surface area (Å²) in [6.45, 7) is 3.63. The van der Waals surface area contributed by atoms with Gasteiger partial charge in [0.1, 0.15) is 5.57 Å². The number of ether oxygens (including phenoxy) is 1. The second-order valence-corrected chi connectivity index (χ2v) is 9.45. The lowest BCUT2D eigenvalue weighted by Crippen LogP contribution is -2.35. The van der Waals surface area contributed by atoms with Crippen molar-refractivity contribution in [2.45, 2.75) is 110 Å². The molecule has 0 saturated heterocycles. The van der Waals surface area contributed by atoms with E-state index in [-0.39, 0.29) is 6.29 Å². The van der Waals surface area contributed by atoms with Crippen molar-refractivity contribution < 1.29 is 18.8 Å². The molecule has 0 heterocycles. The van der Waals surface area contributed by atoms with Crippen LogP contribution in [0.25, 0.3) is 5.41 Å². The minimum atomic E-state index is -0.896. The van der Waals surface area contributed by atoms with Crippen LogP contribution < -0.4 is 0 Å². The first kappa shape index (κ1) is 31.7. The second kappa shape index (κ2) is 23.2. The molecular weight excluding hydrogens is 388 g/mol. The molecule has 0 N–H and O–H groups in total. The molecule has 0 rings (SSSR count). The van der Waals surface area contributed by atoms with E-state index in [1.807, 2.05) is 0 Å². The van der Waals surface area contributed by atoms with Gasteiger partial charge in [-0.15, -0.1) is 0 Å². The molecule has 31 heavy (non-hydrogen) atoms. The summed E-state index contributed by atoms with van der Waals surface area (Å²) in [5.41, 5.74) is -0.516. The van der Waals surface area contributed by atoms with Gasteiger partial charge in [-0.2, -0.15) is 0 Å². The SMILES string of the molecule is CCCCCCCCCCCCCCCCCC[N+](C)(C)C.COC(=O)C(=C=[N-])C=O. The van der Waals surface area contributed by atoms with Gasteiger partial charge in [-0.3, -0.25) is 10.7 Å². The third-order valence-electron chi connectivity index (χ3n) is 5.33. The summed E-state index contributed by atoms with van der Waals surface area (Å²) >= 11 is 0. The zero-order valence-corrected chi connectivity index (χ0v) is 21.2. The summed E-state index contributed by atoms with van der Waals surface area (Å²) < 4.78 is 5.19. The molecule has 0 aromatic rings. The molecule has 0 saturated carbocycles. The molecule has 0 aromatic carbocycles. The van der Waals surface area contributed by atoms with Gasteiger partial charge in [0, 0.05) is 0 Å². The normalized spacial score (nSPS) is 10.6. The molecule has 5 nitrogen and oxygen atoms in total. The van der Waals surface area contributed by atoms with E-state index in [1.54, 1.807) is 0 Å².